The Morgan fingerprint density at radius 3 is 2.00 bits per heavy atom. The van der Waals surface area contributed by atoms with Crippen molar-refractivity contribution in [1.29, 1.82) is 0 Å². The Balaban J connectivity index is 3.23. The number of alkyl halides is 3. The summed E-state index contributed by atoms with van der Waals surface area (Å²) in [6.45, 7) is 0. The topological polar surface area (TPSA) is 37.3 Å². The Morgan fingerprint density at radius 1 is 1.18 bits per heavy atom. The van der Waals surface area contributed by atoms with Crippen LogP contribution in [-0.4, -0.2) is 11.1 Å². The van der Waals surface area contributed by atoms with E-state index in [9.17, 15) is 26.7 Å². The third kappa shape index (κ3) is 3.27. The smallest absolute Gasteiger partial charge is 0.422 e. The van der Waals surface area contributed by atoms with E-state index in [1.165, 1.54) is 0 Å². The lowest BCUT2D eigenvalue weighted by Gasteiger charge is -2.09. The second kappa shape index (κ2) is 4.52. The van der Waals surface area contributed by atoms with E-state index in [2.05, 4.69) is 0 Å². The fourth-order valence-electron chi connectivity index (χ4n) is 1.13. The van der Waals surface area contributed by atoms with Crippen molar-refractivity contribution in [2.45, 2.75) is 6.18 Å². The van der Waals surface area contributed by atoms with Crippen molar-refractivity contribution >= 4 is 12.0 Å². The summed E-state index contributed by atoms with van der Waals surface area (Å²) in [7, 11) is 0. The van der Waals surface area contributed by atoms with Crippen molar-refractivity contribution in [3.63, 3.8) is 0 Å². The fraction of sp³-hybridized carbons (Fsp3) is 0.100. The summed E-state index contributed by atoms with van der Waals surface area (Å²) < 4.78 is 62.5. The summed E-state index contributed by atoms with van der Waals surface area (Å²) in [6, 6.07) is 0.816. The quantitative estimate of drug-likeness (QED) is 0.648. The number of carbonyl (C=O) groups is 1. The first kappa shape index (κ1) is 13.1. The molecule has 0 radical (unpaired) electrons. The van der Waals surface area contributed by atoms with Crippen LogP contribution in [0.1, 0.15) is 11.1 Å². The standard InChI is InChI=1S/C10H5F5O2/c11-6-3-5(1-2-8(16)17)4-7(12)9(6)10(13,14)15/h1-4H,(H,16,17)/b2-1+. The molecule has 0 saturated heterocycles. The summed E-state index contributed by atoms with van der Waals surface area (Å²) >= 11 is 0. The molecule has 7 heteroatoms. The molecule has 1 aromatic carbocycles. The van der Waals surface area contributed by atoms with E-state index in [0.717, 1.165) is 6.08 Å². The average molecular weight is 252 g/mol. The van der Waals surface area contributed by atoms with Gasteiger partial charge in [-0.05, 0) is 23.8 Å². The van der Waals surface area contributed by atoms with Crippen molar-refractivity contribution in [2.75, 3.05) is 0 Å². The second-order valence-corrected chi connectivity index (χ2v) is 3.03. The summed E-state index contributed by atoms with van der Waals surface area (Å²) in [5, 5.41) is 8.24. The Kier molecular flexibility index (Phi) is 3.50. The molecule has 0 heterocycles. The van der Waals surface area contributed by atoms with Crippen molar-refractivity contribution in [1.82, 2.24) is 0 Å². The normalized spacial score (nSPS) is 12.1. The Hall–Kier alpha value is -1.92. The minimum Gasteiger partial charge on any atom is -0.478 e. The molecule has 0 bridgehead atoms. The highest BCUT2D eigenvalue weighted by molar-refractivity contribution is 5.85. The molecule has 0 saturated carbocycles. The molecule has 0 fully saturated rings. The summed E-state index contributed by atoms with van der Waals surface area (Å²) in [6.07, 6.45) is -3.79. The highest BCUT2D eigenvalue weighted by atomic mass is 19.4. The van der Waals surface area contributed by atoms with Crippen LogP contribution in [0, 0.1) is 11.6 Å². The molecule has 92 valence electrons. The number of aliphatic carboxylic acids is 1. The number of carboxylic acids is 1. The second-order valence-electron chi connectivity index (χ2n) is 3.03. The number of carboxylic acid groups (broad SMARTS) is 1. The van der Waals surface area contributed by atoms with E-state index in [1.807, 2.05) is 0 Å². The minimum atomic E-state index is -5.14. The van der Waals surface area contributed by atoms with E-state index >= 15 is 0 Å². The van der Waals surface area contributed by atoms with Crippen molar-refractivity contribution in [3.05, 3.63) is 41.0 Å². The van der Waals surface area contributed by atoms with E-state index in [1.54, 1.807) is 0 Å². The zero-order chi connectivity index (χ0) is 13.2. The molecular formula is C10H5F5O2. The van der Waals surface area contributed by atoms with Gasteiger partial charge in [-0.25, -0.2) is 13.6 Å². The van der Waals surface area contributed by atoms with Crippen molar-refractivity contribution < 1.29 is 31.9 Å². The van der Waals surface area contributed by atoms with E-state index in [-0.39, 0.29) is 5.56 Å². The van der Waals surface area contributed by atoms with Gasteiger partial charge in [0, 0.05) is 6.08 Å². The molecule has 0 atom stereocenters. The molecule has 17 heavy (non-hydrogen) atoms. The van der Waals surface area contributed by atoms with E-state index in [4.69, 9.17) is 5.11 Å². The molecule has 0 aliphatic rings. The summed E-state index contributed by atoms with van der Waals surface area (Å²) in [4.78, 5) is 10.1. The lowest BCUT2D eigenvalue weighted by atomic mass is 10.1. The van der Waals surface area contributed by atoms with Gasteiger partial charge in [0.1, 0.15) is 17.2 Å². The SMILES string of the molecule is O=C(O)/C=C/c1cc(F)c(C(F)(F)F)c(F)c1. The van der Waals surface area contributed by atoms with Crippen LogP contribution in [0.4, 0.5) is 22.0 Å². The molecule has 0 spiro atoms. The first-order chi connectivity index (χ1) is 7.71. The van der Waals surface area contributed by atoms with Crippen LogP contribution in [0.5, 0.6) is 0 Å². The number of halogens is 5. The molecule has 1 rings (SSSR count). The van der Waals surface area contributed by atoms with Crippen LogP contribution in [0.3, 0.4) is 0 Å². The Labute approximate surface area is 92.0 Å². The molecule has 1 N–H and O–H groups in total. The van der Waals surface area contributed by atoms with Gasteiger partial charge < -0.3 is 5.11 Å². The van der Waals surface area contributed by atoms with Gasteiger partial charge in [-0.15, -0.1) is 0 Å². The zero-order valence-corrected chi connectivity index (χ0v) is 8.05. The van der Waals surface area contributed by atoms with Crippen LogP contribution in [0.15, 0.2) is 18.2 Å². The number of rotatable bonds is 2. The largest absolute Gasteiger partial charge is 0.478 e. The van der Waals surface area contributed by atoms with Crippen LogP contribution >= 0.6 is 0 Å². The molecule has 0 aliphatic carbocycles. The van der Waals surface area contributed by atoms with Gasteiger partial charge in [-0.1, -0.05) is 0 Å². The van der Waals surface area contributed by atoms with Gasteiger partial charge in [0.25, 0.3) is 0 Å². The number of benzene rings is 1. The average Bonchev–Trinajstić information content (AvgIpc) is 2.11. The van der Waals surface area contributed by atoms with Crippen molar-refractivity contribution in [2.24, 2.45) is 0 Å². The third-order valence-corrected chi connectivity index (χ3v) is 1.77. The molecule has 2 nitrogen and oxygen atoms in total. The van der Waals surface area contributed by atoms with Crippen LogP contribution < -0.4 is 0 Å². The minimum absolute atomic E-state index is 0.310. The predicted molar refractivity (Wildman–Crippen MR) is 48.0 cm³/mol. The van der Waals surface area contributed by atoms with Gasteiger partial charge >= 0.3 is 12.1 Å². The monoisotopic (exact) mass is 252 g/mol. The van der Waals surface area contributed by atoms with Crippen LogP contribution in [-0.2, 0) is 11.0 Å². The molecule has 0 unspecified atom stereocenters. The molecule has 0 aromatic heterocycles. The van der Waals surface area contributed by atoms with Crippen LogP contribution in [0.2, 0.25) is 0 Å². The summed E-state index contributed by atoms with van der Waals surface area (Å²) in [5.74, 6) is -4.96. The lowest BCUT2D eigenvalue weighted by Crippen LogP contribution is -2.11. The maximum absolute atomic E-state index is 13.0. The third-order valence-electron chi connectivity index (χ3n) is 1.77. The van der Waals surface area contributed by atoms with Gasteiger partial charge in [0.15, 0.2) is 0 Å². The highest BCUT2D eigenvalue weighted by Gasteiger charge is 2.37. The Bertz CT molecular complexity index is 453. The zero-order valence-electron chi connectivity index (χ0n) is 8.05. The van der Waals surface area contributed by atoms with Crippen molar-refractivity contribution in [3.8, 4) is 0 Å². The lowest BCUT2D eigenvalue weighted by molar-refractivity contribution is -0.142. The molecular weight excluding hydrogens is 247 g/mol. The maximum atomic E-state index is 13.0. The van der Waals surface area contributed by atoms with E-state index in [0.29, 0.717) is 18.2 Å². The van der Waals surface area contributed by atoms with Gasteiger partial charge in [-0.3, -0.25) is 0 Å². The van der Waals surface area contributed by atoms with Gasteiger partial charge in [0.2, 0.25) is 0 Å². The Morgan fingerprint density at radius 2 is 1.65 bits per heavy atom. The first-order valence-electron chi connectivity index (χ1n) is 4.19. The fourth-order valence-corrected chi connectivity index (χ4v) is 1.13. The van der Waals surface area contributed by atoms with Crippen LogP contribution in [0.25, 0.3) is 6.08 Å². The molecule has 1 aromatic rings. The predicted octanol–water partition coefficient (Wildman–Crippen LogP) is 3.08. The van der Waals surface area contributed by atoms with Gasteiger partial charge in [0.05, 0.1) is 0 Å². The summed E-state index contributed by atoms with van der Waals surface area (Å²) in [5.41, 5.74) is -2.31. The first-order valence-corrected chi connectivity index (χ1v) is 4.19. The maximum Gasteiger partial charge on any atom is 0.422 e. The van der Waals surface area contributed by atoms with E-state index < -0.39 is 29.3 Å². The highest BCUT2D eigenvalue weighted by Crippen LogP contribution is 2.34. The molecule has 0 amide bonds. The number of hydrogen-bond donors (Lipinski definition) is 1. The number of hydrogen-bond acceptors (Lipinski definition) is 1. The molecule has 0 aliphatic heterocycles. The van der Waals surface area contributed by atoms with Gasteiger partial charge in [-0.2, -0.15) is 13.2 Å².